The van der Waals surface area contributed by atoms with Crippen LogP contribution in [0.25, 0.3) is 10.4 Å². The van der Waals surface area contributed by atoms with Crippen LogP contribution in [0.2, 0.25) is 0 Å². The monoisotopic (exact) mass is 455 g/mol. The van der Waals surface area contributed by atoms with Crippen LogP contribution in [-0.2, 0) is 20.2 Å². The Balaban J connectivity index is 1.62. The third kappa shape index (κ3) is 3.60. The van der Waals surface area contributed by atoms with Gasteiger partial charge < -0.3 is 5.11 Å². The van der Waals surface area contributed by atoms with E-state index < -0.39 is 26.9 Å². The van der Waals surface area contributed by atoms with Gasteiger partial charge in [-0.3, -0.25) is 9.59 Å². The van der Waals surface area contributed by atoms with Gasteiger partial charge in [0.15, 0.2) is 5.78 Å². The number of hydrogen-bond acceptors (Lipinski definition) is 5. The SMILES string of the molecule is CC(=O)c1ccc(-c2ccc(S(=O)(=O)N[C@@]3(C(=O)O)CC3(C)c3ccccc3)s2)cc1. The summed E-state index contributed by atoms with van der Waals surface area (Å²) in [4.78, 5) is 24.3. The van der Waals surface area contributed by atoms with Crippen molar-refractivity contribution < 1.29 is 23.1 Å². The van der Waals surface area contributed by atoms with Crippen LogP contribution in [0.15, 0.2) is 70.9 Å². The van der Waals surface area contributed by atoms with E-state index in [1.165, 1.54) is 13.0 Å². The van der Waals surface area contributed by atoms with Gasteiger partial charge in [0.2, 0.25) is 0 Å². The van der Waals surface area contributed by atoms with Gasteiger partial charge in [0.25, 0.3) is 10.0 Å². The molecule has 1 fully saturated rings. The first-order valence-electron chi connectivity index (χ1n) is 9.63. The van der Waals surface area contributed by atoms with Crippen molar-refractivity contribution >= 4 is 33.1 Å². The number of benzene rings is 2. The highest BCUT2D eigenvalue weighted by atomic mass is 32.2. The second-order valence-corrected chi connectivity index (χ2v) is 10.9. The molecule has 2 N–H and O–H groups in total. The number of carboxylic acid groups (broad SMARTS) is 1. The molecule has 0 amide bonds. The summed E-state index contributed by atoms with van der Waals surface area (Å²) in [6.45, 7) is 3.24. The van der Waals surface area contributed by atoms with Crippen molar-refractivity contribution in [3.05, 3.63) is 77.9 Å². The molecule has 160 valence electrons. The molecule has 31 heavy (non-hydrogen) atoms. The molecule has 1 saturated carbocycles. The number of hydrogen-bond donors (Lipinski definition) is 2. The summed E-state index contributed by atoms with van der Waals surface area (Å²) >= 11 is 1.05. The van der Waals surface area contributed by atoms with E-state index in [2.05, 4.69) is 4.72 Å². The fourth-order valence-corrected chi connectivity index (χ4v) is 6.68. The quantitative estimate of drug-likeness (QED) is 0.523. The first-order valence-corrected chi connectivity index (χ1v) is 11.9. The minimum atomic E-state index is -4.05. The Kier molecular flexibility index (Phi) is 5.12. The number of sulfonamides is 1. The summed E-state index contributed by atoms with van der Waals surface area (Å²) in [6.07, 6.45) is 0.170. The Hall–Kier alpha value is -2.81. The summed E-state index contributed by atoms with van der Waals surface area (Å²) in [6, 6.07) is 19.1. The molecule has 0 radical (unpaired) electrons. The van der Waals surface area contributed by atoms with Gasteiger partial charge in [0, 0.05) is 15.9 Å². The molecule has 0 bridgehead atoms. The Morgan fingerprint density at radius 1 is 1.00 bits per heavy atom. The number of thiophene rings is 1. The average Bonchev–Trinajstić information content (AvgIpc) is 3.11. The van der Waals surface area contributed by atoms with E-state index in [-0.39, 0.29) is 16.4 Å². The van der Waals surface area contributed by atoms with E-state index in [1.807, 2.05) is 30.3 Å². The lowest BCUT2D eigenvalue weighted by Crippen LogP contribution is -2.47. The lowest BCUT2D eigenvalue weighted by Gasteiger charge is -2.20. The molecule has 0 spiro atoms. The topological polar surface area (TPSA) is 101 Å². The van der Waals surface area contributed by atoms with Crippen molar-refractivity contribution in [1.29, 1.82) is 0 Å². The smallest absolute Gasteiger partial charge is 0.325 e. The number of carbonyl (C=O) groups excluding carboxylic acids is 1. The van der Waals surface area contributed by atoms with E-state index in [1.54, 1.807) is 37.3 Å². The third-order valence-corrected chi connectivity index (χ3v) is 9.06. The van der Waals surface area contributed by atoms with E-state index in [9.17, 15) is 23.1 Å². The highest BCUT2D eigenvalue weighted by Gasteiger charge is 2.72. The predicted octanol–water partition coefficient (Wildman–Crippen LogP) is 4.08. The van der Waals surface area contributed by atoms with Gasteiger partial charge in [-0.2, -0.15) is 4.72 Å². The summed E-state index contributed by atoms with van der Waals surface area (Å²) in [5.41, 5.74) is -0.300. The molecule has 3 aromatic rings. The van der Waals surface area contributed by atoms with Gasteiger partial charge in [-0.15, -0.1) is 11.3 Å². The largest absolute Gasteiger partial charge is 0.480 e. The minimum Gasteiger partial charge on any atom is -0.480 e. The van der Waals surface area contributed by atoms with Crippen LogP contribution >= 0.6 is 11.3 Å². The van der Waals surface area contributed by atoms with E-state index in [0.717, 1.165) is 22.5 Å². The van der Waals surface area contributed by atoms with Crippen molar-refractivity contribution in [2.45, 2.75) is 35.4 Å². The summed E-state index contributed by atoms with van der Waals surface area (Å²) < 4.78 is 28.7. The van der Waals surface area contributed by atoms with E-state index >= 15 is 0 Å². The second-order valence-electron chi connectivity index (χ2n) is 7.94. The molecule has 1 aliphatic rings. The Morgan fingerprint density at radius 3 is 2.23 bits per heavy atom. The fraction of sp³-hybridized carbons (Fsp3) is 0.217. The van der Waals surface area contributed by atoms with Crippen molar-refractivity contribution in [3.63, 3.8) is 0 Å². The van der Waals surface area contributed by atoms with E-state index in [4.69, 9.17) is 0 Å². The van der Waals surface area contributed by atoms with Gasteiger partial charge in [-0.05, 0) is 36.6 Å². The van der Waals surface area contributed by atoms with Gasteiger partial charge in [0.05, 0.1) is 0 Å². The van der Waals surface area contributed by atoms with Crippen LogP contribution < -0.4 is 4.72 Å². The number of aliphatic carboxylic acids is 1. The minimum absolute atomic E-state index is 0.0427. The number of ketones is 1. The fourth-order valence-electron chi connectivity index (χ4n) is 3.91. The molecular weight excluding hydrogens is 434 g/mol. The Labute approximate surface area is 184 Å². The van der Waals surface area contributed by atoms with E-state index in [0.29, 0.717) is 10.4 Å². The van der Waals surface area contributed by atoms with Crippen LogP contribution in [0.4, 0.5) is 0 Å². The standard InChI is InChI=1S/C23H21NO5S2/c1-15(25)16-8-10-17(11-9-16)19-12-13-20(30-19)31(28,29)24-23(21(26)27)14-22(23,2)18-6-4-3-5-7-18/h3-13,24H,14H2,1-2H3,(H,26,27)/t22?,23-/m1/s1. The maximum absolute atomic E-state index is 13.1. The molecule has 2 aromatic carbocycles. The first kappa shape index (κ1) is 21.4. The highest BCUT2D eigenvalue weighted by Crippen LogP contribution is 2.58. The van der Waals surface area contributed by atoms with Crippen molar-refractivity contribution in [2.24, 2.45) is 0 Å². The zero-order valence-electron chi connectivity index (χ0n) is 17.0. The second kappa shape index (κ2) is 7.40. The molecule has 0 aliphatic heterocycles. The molecule has 0 saturated heterocycles. The zero-order chi connectivity index (χ0) is 22.4. The third-order valence-electron chi connectivity index (χ3n) is 5.94. The van der Waals surface area contributed by atoms with Crippen LogP contribution in [0.1, 0.15) is 36.2 Å². The zero-order valence-corrected chi connectivity index (χ0v) is 18.6. The number of rotatable bonds is 7. The molecule has 2 atom stereocenters. The van der Waals surface area contributed by atoms with Crippen LogP contribution in [0.5, 0.6) is 0 Å². The molecule has 1 aliphatic carbocycles. The number of carboxylic acids is 1. The van der Waals surface area contributed by atoms with Crippen LogP contribution in [-0.4, -0.2) is 30.8 Å². The molecule has 4 rings (SSSR count). The van der Waals surface area contributed by atoms with Crippen molar-refractivity contribution in [2.75, 3.05) is 0 Å². The van der Waals surface area contributed by atoms with Crippen LogP contribution in [0.3, 0.4) is 0 Å². The lowest BCUT2D eigenvalue weighted by molar-refractivity contribution is -0.140. The number of Topliss-reactive ketones (excluding diaryl/α,β-unsaturated/α-hetero) is 1. The van der Waals surface area contributed by atoms with Crippen molar-refractivity contribution in [1.82, 2.24) is 4.72 Å². The van der Waals surface area contributed by atoms with Gasteiger partial charge in [-0.25, -0.2) is 8.42 Å². The average molecular weight is 456 g/mol. The van der Waals surface area contributed by atoms with Gasteiger partial charge in [0.1, 0.15) is 9.75 Å². The highest BCUT2D eigenvalue weighted by molar-refractivity contribution is 7.91. The molecule has 8 heteroatoms. The molecular formula is C23H21NO5S2. The molecule has 6 nitrogen and oxygen atoms in total. The Morgan fingerprint density at radius 2 is 1.65 bits per heavy atom. The maximum Gasteiger partial charge on any atom is 0.325 e. The molecule has 1 unspecified atom stereocenters. The summed E-state index contributed by atoms with van der Waals surface area (Å²) in [7, 11) is -4.05. The first-order chi connectivity index (χ1) is 14.6. The van der Waals surface area contributed by atoms with Crippen LogP contribution in [0, 0.1) is 0 Å². The Bertz CT molecular complexity index is 1260. The number of carbonyl (C=O) groups is 2. The lowest BCUT2D eigenvalue weighted by atomic mass is 9.93. The maximum atomic E-state index is 13.1. The van der Waals surface area contributed by atoms with Gasteiger partial charge >= 0.3 is 5.97 Å². The molecule has 1 aromatic heterocycles. The van der Waals surface area contributed by atoms with Gasteiger partial charge in [-0.1, -0.05) is 61.5 Å². The molecule has 1 heterocycles. The summed E-state index contributed by atoms with van der Waals surface area (Å²) in [5, 5.41) is 9.91. The predicted molar refractivity (Wildman–Crippen MR) is 119 cm³/mol. The number of nitrogens with one attached hydrogen (secondary N) is 1. The summed E-state index contributed by atoms with van der Waals surface area (Å²) in [5.74, 6) is -1.24. The van der Waals surface area contributed by atoms with Crippen molar-refractivity contribution in [3.8, 4) is 10.4 Å². The normalized spacial score (nSPS) is 22.8.